The summed E-state index contributed by atoms with van der Waals surface area (Å²) in [4.78, 5) is 21.3. The van der Waals surface area contributed by atoms with Gasteiger partial charge in [-0.25, -0.2) is 15.0 Å². The first-order chi connectivity index (χ1) is 4.79. The zero-order valence-corrected chi connectivity index (χ0v) is 5.19. The van der Waals surface area contributed by atoms with Crippen LogP contribution >= 0.6 is 0 Å². The number of carbonyl (C=O) groups is 1. The summed E-state index contributed by atoms with van der Waals surface area (Å²) in [5.41, 5.74) is 4.89. The summed E-state index contributed by atoms with van der Waals surface area (Å²) < 4.78 is 0. The zero-order valence-electron chi connectivity index (χ0n) is 5.19. The number of carbonyl (C=O) groups excluding carboxylic acids is 1. The van der Waals surface area contributed by atoms with Gasteiger partial charge in [0.25, 0.3) is 0 Å². The Morgan fingerprint density at radius 1 is 1.50 bits per heavy atom. The molecule has 0 aliphatic carbocycles. The molecule has 52 valence electrons. The van der Waals surface area contributed by atoms with Gasteiger partial charge >= 0.3 is 0 Å². The summed E-state index contributed by atoms with van der Waals surface area (Å²) in [7, 11) is 0. The Bertz CT molecular complexity index is 222. The number of nitrogens with zero attached hydrogens (tertiary/aromatic N) is 3. The minimum absolute atomic E-state index is 0.0719. The van der Waals surface area contributed by atoms with Crippen LogP contribution in [-0.4, -0.2) is 20.9 Å². The van der Waals surface area contributed by atoms with E-state index in [4.69, 9.17) is 5.73 Å². The van der Waals surface area contributed by atoms with E-state index in [1.54, 1.807) is 0 Å². The van der Waals surface area contributed by atoms with Gasteiger partial charge in [0.15, 0.2) is 0 Å². The predicted octanol–water partition coefficient (Wildman–Crippen LogP) is -1.10. The van der Waals surface area contributed by atoms with Gasteiger partial charge in [-0.3, -0.25) is 4.79 Å². The van der Waals surface area contributed by atoms with Crippen LogP contribution in [0.2, 0.25) is 0 Å². The molecule has 0 bridgehead atoms. The van der Waals surface area contributed by atoms with Gasteiger partial charge in [-0.2, -0.15) is 0 Å². The number of nitrogens with two attached hydrogens (primary N) is 1. The molecule has 0 saturated carbocycles. The van der Waals surface area contributed by atoms with Crippen molar-refractivity contribution in [3.8, 4) is 0 Å². The van der Waals surface area contributed by atoms with Crippen LogP contribution in [0.5, 0.6) is 0 Å². The van der Waals surface area contributed by atoms with Crippen LogP contribution in [0.25, 0.3) is 0 Å². The van der Waals surface area contributed by atoms with E-state index in [-0.39, 0.29) is 6.42 Å². The Morgan fingerprint density at radius 3 is 2.60 bits per heavy atom. The molecule has 0 aliphatic heterocycles. The summed E-state index contributed by atoms with van der Waals surface area (Å²) in [6.45, 7) is 0. The fourth-order valence-electron chi connectivity index (χ4n) is 0.510. The van der Waals surface area contributed by atoms with E-state index in [2.05, 4.69) is 15.0 Å². The third kappa shape index (κ3) is 1.77. The number of aromatic nitrogens is 3. The molecule has 10 heavy (non-hydrogen) atoms. The highest BCUT2D eigenvalue weighted by Crippen LogP contribution is 1.84. The Kier molecular flexibility index (Phi) is 1.89. The van der Waals surface area contributed by atoms with E-state index in [1.807, 2.05) is 0 Å². The standard InChI is InChI=1S/C5H6N4O/c6-4(10)1-5-8-2-7-3-9-5/h2-3H,1H2,(H2,6,10). The third-order valence-corrected chi connectivity index (χ3v) is 0.879. The monoisotopic (exact) mass is 138 g/mol. The quantitative estimate of drug-likeness (QED) is 0.562. The van der Waals surface area contributed by atoms with Crippen LogP contribution in [0.3, 0.4) is 0 Å². The molecule has 5 heteroatoms. The van der Waals surface area contributed by atoms with E-state index in [1.165, 1.54) is 12.7 Å². The van der Waals surface area contributed by atoms with Crippen molar-refractivity contribution in [3.63, 3.8) is 0 Å². The van der Waals surface area contributed by atoms with Gasteiger partial charge in [-0.15, -0.1) is 0 Å². The van der Waals surface area contributed by atoms with Crippen molar-refractivity contribution < 1.29 is 4.79 Å². The molecule has 1 aromatic rings. The summed E-state index contributed by atoms with van der Waals surface area (Å²) in [5.74, 6) is -0.0336. The molecule has 1 heterocycles. The second-order valence-corrected chi connectivity index (χ2v) is 1.70. The molecular formula is C5H6N4O. The fraction of sp³-hybridized carbons (Fsp3) is 0.200. The van der Waals surface area contributed by atoms with Crippen LogP contribution in [-0.2, 0) is 11.2 Å². The Labute approximate surface area is 57.3 Å². The molecule has 0 aliphatic rings. The minimum Gasteiger partial charge on any atom is -0.369 e. The molecule has 1 amide bonds. The first kappa shape index (κ1) is 6.60. The lowest BCUT2D eigenvalue weighted by Gasteiger charge is -1.90. The largest absolute Gasteiger partial charge is 0.369 e. The second kappa shape index (κ2) is 2.86. The van der Waals surface area contributed by atoms with E-state index in [0.717, 1.165) is 0 Å². The molecule has 1 aromatic heterocycles. The van der Waals surface area contributed by atoms with Crippen LogP contribution in [0.15, 0.2) is 12.7 Å². The Balaban J connectivity index is 2.67. The second-order valence-electron chi connectivity index (χ2n) is 1.70. The Morgan fingerprint density at radius 2 is 2.10 bits per heavy atom. The molecule has 1 rings (SSSR count). The molecule has 0 atom stereocenters. The molecule has 0 unspecified atom stereocenters. The minimum atomic E-state index is -0.439. The summed E-state index contributed by atoms with van der Waals surface area (Å²) in [6, 6.07) is 0. The third-order valence-electron chi connectivity index (χ3n) is 0.879. The number of hydrogen-bond acceptors (Lipinski definition) is 4. The fourth-order valence-corrected chi connectivity index (χ4v) is 0.510. The molecule has 5 nitrogen and oxygen atoms in total. The van der Waals surface area contributed by atoms with Gasteiger partial charge in [0.1, 0.15) is 18.5 Å². The number of primary amides is 1. The van der Waals surface area contributed by atoms with Gasteiger partial charge in [-0.1, -0.05) is 0 Å². The lowest BCUT2D eigenvalue weighted by molar-refractivity contribution is -0.117. The summed E-state index contributed by atoms with van der Waals surface area (Å²) >= 11 is 0. The Hall–Kier alpha value is -1.52. The molecule has 0 fully saturated rings. The number of hydrogen-bond donors (Lipinski definition) is 1. The van der Waals surface area contributed by atoms with Crippen molar-refractivity contribution in [1.82, 2.24) is 15.0 Å². The number of amides is 1. The van der Waals surface area contributed by atoms with Crippen molar-refractivity contribution >= 4 is 5.91 Å². The highest BCUT2D eigenvalue weighted by atomic mass is 16.1. The molecular weight excluding hydrogens is 132 g/mol. The van der Waals surface area contributed by atoms with Crippen LogP contribution in [0.4, 0.5) is 0 Å². The van der Waals surface area contributed by atoms with Gasteiger partial charge in [0.2, 0.25) is 5.91 Å². The maximum Gasteiger partial charge on any atom is 0.225 e. The average molecular weight is 138 g/mol. The molecule has 0 saturated heterocycles. The molecule has 0 spiro atoms. The van der Waals surface area contributed by atoms with Crippen molar-refractivity contribution in [2.24, 2.45) is 5.73 Å². The van der Waals surface area contributed by atoms with Gasteiger partial charge in [0.05, 0.1) is 6.42 Å². The normalized spacial score (nSPS) is 9.20. The maximum absolute atomic E-state index is 10.3. The lowest BCUT2D eigenvalue weighted by Crippen LogP contribution is -2.15. The van der Waals surface area contributed by atoms with Gasteiger partial charge in [-0.05, 0) is 0 Å². The van der Waals surface area contributed by atoms with E-state index in [0.29, 0.717) is 5.82 Å². The van der Waals surface area contributed by atoms with Crippen LogP contribution < -0.4 is 5.73 Å². The number of rotatable bonds is 2. The summed E-state index contributed by atoms with van der Waals surface area (Å²) in [6.07, 6.45) is 2.72. The topological polar surface area (TPSA) is 81.8 Å². The van der Waals surface area contributed by atoms with Crippen molar-refractivity contribution in [2.45, 2.75) is 6.42 Å². The van der Waals surface area contributed by atoms with Crippen LogP contribution in [0.1, 0.15) is 5.82 Å². The first-order valence-corrected chi connectivity index (χ1v) is 2.68. The zero-order chi connectivity index (χ0) is 7.40. The highest BCUT2D eigenvalue weighted by Gasteiger charge is 1.98. The van der Waals surface area contributed by atoms with E-state index >= 15 is 0 Å². The highest BCUT2D eigenvalue weighted by molar-refractivity contribution is 5.75. The van der Waals surface area contributed by atoms with Crippen molar-refractivity contribution in [3.05, 3.63) is 18.5 Å². The maximum atomic E-state index is 10.3. The average Bonchev–Trinajstić information content (AvgIpc) is 1.88. The first-order valence-electron chi connectivity index (χ1n) is 2.68. The van der Waals surface area contributed by atoms with Crippen LogP contribution in [0, 0.1) is 0 Å². The van der Waals surface area contributed by atoms with Crippen molar-refractivity contribution in [1.29, 1.82) is 0 Å². The molecule has 0 radical (unpaired) electrons. The molecule has 0 aromatic carbocycles. The van der Waals surface area contributed by atoms with Gasteiger partial charge < -0.3 is 5.73 Å². The van der Waals surface area contributed by atoms with E-state index < -0.39 is 5.91 Å². The predicted molar refractivity (Wildman–Crippen MR) is 32.7 cm³/mol. The SMILES string of the molecule is NC(=O)Cc1ncncn1. The molecule has 2 N–H and O–H groups in total. The van der Waals surface area contributed by atoms with E-state index in [9.17, 15) is 4.79 Å². The van der Waals surface area contributed by atoms with Gasteiger partial charge in [0, 0.05) is 0 Å². The smallest absolute Gasteiger partial charge is 0.225 e. The summed E-state index contributed by atoms with van der Waals surface area (Å²) in [5, 5.41) is 0. The lowest BCUT2D eigenvalue weighted by atomic mass is 10.4. The van der Waals surface area contributed by atoms with Crippen molar-refractivity contribution in [2.75, 3.05) is 0 Å².